The second-order valence-corrected chi connectivity index (χ2v) is 2.82. The molecule has 0 saturated carbocycles. The highest BCUT2D eigenvalue weighted by molar-refractivity contribution is 7.09. The van der Waals surface area contributed by atoms with E-state index in [0.717, 1.165) is 0 Å². The molecule has 1 atom stereocenters. The lowest BCUT2D eigenvalue weighted by Crippen LogP contribution is -1.92. The number of hydrogen-bond donors (Lipinski definition) is 0. The second-order valence-electron chi connectivity index (χ2n) is 1.76. The fourth-order valence-corrected chi connectivity index (χ4v) is 1.21. The van der Waals surface area contributed by atoms with Crippen molar-refractivity contribution in [1.29, 1.82) is 0 Å². The number of aromatic nitrogens is 2. The molecule has 0 aliphatic rings. The van der Waals surface area contributed by atoms with E-state index in [4.69, 9.17) is 27.7 Å². The molecule has 0 spiro atoms. The van der Waals surface area contributed by atoms with E-state index in [1.165, 1.54) is 0 Å². The van der Waals surface area contributed by atoms with E-state index in [0.29, 0.717) is 17.5 Å². The summed E-state index contributed by atoms with van der Waals surface area (Å²) >= 11 is 11.1. The minimum absolute atomic E-state index is 0.134. The third-order valence-electron chi connectivity index (χ3n) is 0.952. The summed E-state index contributed by atoms with van der Waals surface area (Å²) < 4.78 is 4.75. The van der Waals surface area contributed by atoms with Crippen LogP contribution < -0.4 is 0 Å². The molecule has 1 rings (SSSR count). The summed E-state index contributed by atoms with van der Waals surface area (Å²) in [6.07, 6.45) is 0. The molecule has 3 nitrogen and oxygen atoms in total. The van der Waals surface area contributed by atoms with Gasteiger partial charge in [-0.05, 0) is 17.7 Å². The van der Waals surface area contributed by atoms with Crippen molar-refractivity contribution in [2.75, 3.05) is 0 Å². The lowest BCUT2D eigenvalue weighted by atomic mass is 10.4. The van der Waals surface area contributed by atoms with Gasteiger partial charge in [0.25, 0.3) is 0 Å². The van der Waals surface area contributed by atoms with Gasteiger partial charge in [-0.1, -0.05) is 11.6 Å². The Morgan fingerprint density at radius 2 is 2.18 bits per heavy atom. The summed E-state index contributed by atoms with van der Waals surface area (Å²) in [5, 5.41) is 0.455. The van der Waals surface area contributed by atoms with Gasteiger partial charge in [0.1, 0.15) is 5.15 Å². The van der Waals surface area contributed by atoms with Crippen molar-refractivity contribution < 1.29 is 4.52 Å². The van der Waals surface area contributed by atoms with Crippen LogP contribution in [-0.2, 0) is 11.1 Å². The first kappa shape index (κ1) is 9.14. The molecule has 0 amide bonds. The molecule has 6 heteroatoms. The summed E-state index contributed by atoms with van der Waals surface area (Å²) in [6, 6.07) is 1.59. The topological polar surface area (TPSA) is 35.0 Å². The Balaban J connectivity index is 2.89. The van der Waals surface area contributed by atoms with Crippen LogP contribution in [0.25, 0.3) is 0 Å². The summed E-state index contributed by atoms with van der Waals surface area (Å²) in [4.78, 5) is 7.53. The van der Waals surface area contributed by atoms with Gasteiger partial charge in [0, 0.05) is 9.47 Å². The highest BCUT2D eigenvalue weighted by atomic mass is 35.5. The van der Waals surface area contributed by atoms with E-state index >= 15 is 0 Å². The van der Waals surface area contributed by atoms with Gasteiger partial charge in [-0.15, -0.1) is 0 Å². The van der Waals surface area contributed by atoms with Gasteiger partial charge in [-0.2, -0.15) is 0 Å². The van der Waals surface area contributed by atoms with E-state index in [-0.39, 0.29) is 5.28 Å². The Labute approximate surface area is 76.4 Å². The molecule has 0 bridgehead atoms. The van der Waals surface area contributed by atoms with Crippen molar-refractivity contribution in [2.24, 2.45) is 0 Å². The van der Waals surface area contributed by atoms with Crippen LogP contribution >= 0.6 is 32.7 Å². The van der Waals surface area contributed by atoms with Gasteiger partial charge in [-0.25, -0.2) is 9.97 Å². The highest BCUT2D eigenvalue weighted by Crippen LogP contribution is 2.11. The average molecular weight is 211 g/mol. The number of hydrogen-bond acceptors (Lipinski definition) is 3. The van der Waals surface area contributed by atoms with Crippen LogP contribution in [0.2, 0.25) is 10.4 Å². The van der Waals surface area contributed by atoms with Crippen molar-refractivity contribution in [3.8, 4) is 0 Å². The maximum atomic E-state index is 5.59. The highest BCUT2D eigenvalue weighted by Gasteiger charge is 1.99. The summed E-state index contributed by atoms with van der Waals surface area (Å²) in [6.45, 7) is 0.354. The molecule has 0 fully saturated rings. The van der Waals surface area contributed by atoms with Crippen LogP contribution in [-0.4, -0.2) is 9.97 Å². The Kier molecular flexibility index (Phi) is 3.46. The van der Waals surface area contributed by atoms with Crippen LogP contribution in [0.5, 0.6) is 0 Å². The standard InChI is InChI=1S/C5H5Cl2N2OP/c6-4-1-3(2-10-11)8-5(7)9-4/h1H,2,11H2. The van der Waals surface area contributed by atoms with E-state index in [2.05, 4.69) is 19.4 Å². The lowest BCUT2D eigenvalue weighted by Gasteiger charge is -1.98. The normalized spacial score (nSPS) is 10.1. The largest absolute Gasteiger partial charge is 0.359 e. The zero-order valence-corrected chi connectivity index (χ0v) is 8.09. The molecular formula is C5H5Cl2N2OP. The molecule has 11 heavy (non-hydrogen) atoms. The van der Waals surface area contributed by atoms with Gasteiger partial charge in [0.2, 0.25) is 5.28 Å². The van der Waals surface area contributed by atoms with Crippen LogP contribution in [0.15, 0.2) is 6.07 Å². The van der Waals surface area contributed by atoms with Crippen molar-refractivity contribution in [2.45, 2.75) is 6.61 Å². The summed E-state index contributed by atoms with van der Waals surface area (Å²) in [7, 11) is 2.11. The molecule has 0 aliphatic heterocycles. The Morgan fingerprint density at radius 3 is 2.73 bits per heavy atom. The summed E-state index contributed by atoms with van der Waals surface area (Å²) in [5.74, 6) is 0. The zero-order valence-electron chi connectivity index (χ0n) is 5.42. The molecule has 60 valence electrons. The van der Waals surface area contributed by atoms with E-state index in [1.807, 2.05) is 0 Å². The number of rotatable bonds is 2. The smallest absolute Gasteiger partial charge is 0.224 e. The van der Waals surface area contributed by atoms with Crippen molar-refractivity contribution in [1.82, 2.24) is 9.97 Å². The maximum Gasteiger partial charge on any atom is 0.224 e. The van der Waals surface area contributed by atoms with Gasteiger partial charge in [0.05, 0.1) is 12.3 Å². The van der Waals surface area contributed by atoms with Crippen LogP contribution in [0.3, 0.4) is 0 Å². The minimum atomic E-state index is 0.134. The predicted molar refractivity (Wildman–Crippen MR) is 46.6 cm³/mol. The Morgan fingerprint density at radius 1 is 1.45 bits per heavy atom. The maximum absolute atomic E-state index is 5.59. The molecular weight excluding hydrogens is 206 g/mol. The first-order valence-corrected chi connectivity index (χ1v) is 3.96. The molecule has 0 saturated heterocycles. The monoisotopic (exact) mass is 210 g/mol. The van der Waals surface area contributed by atoms with Crippen molar-refractivity contribution >= 4 is 32.7 Å². The van der Waals surface area contributed by atoms with E-state index < -0.39 is 0 Å². The first-order chi connectivity index (χ1) is 5.22. The third kappa shape index (κ3) is 2.88. The SMILES string of the molecule is POCc1cc(Cl)nc(Cl)n1. The van der Waals surface area contributed by atoms with Gasteiger partial charge in [-0.3, -0.25) is 0 Å². The van der Waals surface area contributed by atoms with Crippen molar-refractivity contribution in [3.05, 3.63) is 22.2 Å². The van der Waals surface area contributed by atoms with Gasteiger partial charge < -0.3 is 4.52 Å². The molecule has 1 aromatic heterocycles. The first-order valence-electron chi connectivity index (χ1n) is 2.73. The van der Waals surface area contributed by atoms with E-state index in [9.17, 15) is 0 Å². The Bertz CT molecular complexity index is 238. The Hall–Kier alpha value is 0.0500. The average Bonchev–Trinajstić information content (AvgIpc) is 1.85. The van der Waals surface area contributed by atoms with Crippen LogP contribution in [0, 0.1) is 0 Å². The summed E-state index contributed by atoms with van der Waals surface area (Å²) in [5.41, 5.74) is 0.657. The van der Waals surface area contributed by atoms with Crippen LogP contribution in [0.4, 0.5) is 0 Å². The molecule has 0 aromatic carbocycles. The van der Waals surface area contributed by atoms with Crippen LogP contribution in [0.1, 0.15) is 5.69 Å². The fourth-order valence-electron chi connectivity index (χ4n) is 0.593. The fraction of sp³-hybridized carbons (Fsp3) is 0.200. The molecule has 0 N–H and O–H groups in total. The van der Waals surface area contributed by atoms with Gasteiger partial charge in [0.15, 0.2) is 0 Å². The molecule has 1 heterocycles. The molecule has 1 aromatic rings. The minimum Gasteiger partial charge on any atom is -0.359 e. The zero-order chi connectivity index (χ0) is 8.27. The van der Waals surface area contributed by atoms with Crippen molar-refractivity contribution in [3.63, 3.8) is 0 Å². The quantitative estimate of drug-likeness (QED) is 0.426. The number of halogens is 2. The lowest BCUT2D eigenvalue weighted by molar-refractivity contribution is 0.355. The molecule has 1 unspecified atom stereocenters. The predicted octanol–water partition coefficient (Wildman–Crippen LogP) is 2.09. The number of nitrogens with zero attached hydrogens (tertiary/aromatic N) is 2. The molecule has 0 aliphatic carbocycles. The third-order valence-corrected chi connectivity index (χ3v) is 1.48. The second kappa shape index (κ2) is 4.17. The van der Waals surface area contributed by atoms with Gasteiger partial charge >= 0.3 is 0 Å². The molecule has 0 radical (unpaired) electrons. The van der Waals surface area contributed by atoms with E-state index in [1.54, 1.807) is 6.07 Å².